The maximum Gasteiger partial charge on any atom is 0.253 e. The van der Waals surface area contributed by atoms with Gasteiger partial charge in [0, 0.05) is 12.2 Å². The minimum Gasteiger partial charge on any atom is -0.398 e. The van der Waals surface area contributed by atoms with Crippen LogP contribution in [0.1, 0.15) is 49.4 Å². The van der Waals surface area contributed by atoms with E-state index in [-0.39, 0.29) is 5.91 Å². The number of para-hydroxylation sites is 1. The van der Waals surface area contributed by atoms with Crippen molar-refractivity contribution in [3.05, 3.63) is 29.8 Å². The number of rotatable bonds is 4. The molecule has 0 radical (unpaired) electrons. The number of nitrogen functional groups attached to an aromatic ring is 1. The summed E-state index contributed by atoms with van der Waals surface area (Å²) in [4.78, 5) is 12.1. The van der Waals surface area contributed by atoms with Gasteiger partial charge in [-0.2, -0.15) is 0 Å². The highest BCUT2D eigenvalue weighted by Crippen LogP contribution is 2.33. The van der Waals surface area contributed by atoms with Crippen molar-refractivity contribution in [2.75, 3.05) is 12.3 Å². The first-order valence-electron chi connectivity index (χ1n) is 7.39. The second kappa shape index (κ2) is 6.27. The van der Waals surface area contributed by atoms with Crippen molar-refractivity contribution < 1.29 is 9.90 Å². The van der Waals surface area contributed by atoms with Gasteiger partial charge in [-0.1, -0.05) is 25.5 Å². The quantitative estimate of drug-likeness (QED) is 0.739. The Kier molecular flexibility index (Phi) is 4.65. The fraction of sp³-hybridized carbons (Fsp3) is 0.562. The second-order valence-corrected chi connectivity index (χ2v) is 5.85. The molecule has 0 atom stereocenters. The Morgan fingerprint density at radius 1 is 1.40 bits per heavy atom. The van der Waals surface area contributed by atoms with Gasteiger partial charge in [-0.05, 0) is 43.7 Å². The maximum atomic E-state index is 12.1. The lowest BCUT2D eigenvalue weighted by Crippen LogP contribution is -2.45. The molecule has 1 aliphatic rings. The van der Waals surface area contributed by atoms with E-state index in [4.69, 9.17) is 5.73 Å². The van der Waals surface area contributed by atoms with E-state index >= 15 is 0 Å². The molecule has 4 nitrogen and oxygen atoms in total. The smallest absolute Gasteiger partial charge is 0.253 e. The normalized spacial score (nSPS) is 26.2. The monoisotopic (exact) mass is 276 g/mol. The van der Waals surface area contributed by atoms with E-state index in [0.717, 1.165) is 31.6 Å². The summed E-state index contributed by atoms with van der Waals surface area (Å²) in [5.41, 5.74) is 5.95. The molecule has 0 bridgehead atoms. The molecule has 0 spiro atoms. The van der Waals surface area contributed by atoms with Gasteiger partial charge in [0.05, 0.1) is 11.2 Å². The molecular formula is C16H24N2O2. The summed E-state index contributed by atoms with van der Waals surface area (Å²) >= 11 is 0. The summed E-state index contributed by atoms with van der Waals surface area (Å²) in [6.45, 7) is 2.49. The number of nitrogens with one attached hydrogen (secondary N) is 1. The molecule has 0 aromatic heterocycles. The first-order chi connectivity index (χ1) is 9.54. The Morgan fingerprint density at radius 2 is 2.05 bits per heavy atom. The van der Waals surface area contributed by atoms with Gasteiger partial charge >= 0.3 is 0 Å². The second-order valence-electron chi connectivity index (χ2n) is 5.85. The van der Waals surface area contributed by atoms with Crippen LogP contribution in [0.2, 0.25) is 0 Å². The Hall–Kier alpha value is -1.55. The van der Waals surface area contributed by atoms with Crippen molar-refractivity contribution in [1.29, 1.82) is 0 Å². The van der Waals surface area contributed by atoms with Gasteiger partial charge in [0.1, 0.15) is 0 Å². The molecule has 0 heterocycles. The molecule has 4 heteroatoms. The number of hydrogen-bond donors (Lipinski definition) is 3. The minimum atomic E-state index is -0.759. The molecule has 1 saturated carbocycles. The van der Waals surface area contributed by atoms with E-state index in [1.165, 1.54) is 6.42 Å². The summed E-state index contributed by atoms with van der Waals surface area (Å²) < 4.78 is 0. The molecule has 1 amide bonds. The largest absolute Gasteiger partial charge is 0.398 e. The van der Waals surface area contributed by atoms with E-state index in [9.17, 15) is 9.90 Å². The van der Waals surface area contributed by atoms with E-state index in [2.05, 4.69) is 12.2 Å². The fourth-order valence-corrected chi connectivity index (χ4v) is 2.84. The van der Waals surface area contributed by atoms with E-state index < -0.39 is 5.60 Å². The number of anilines is 1. The van der Waals surface area contributed by atoms with E-state index in [1.807, 2.05) is 0 Å². The van der Waals surface area contributed by atoms with Gasteiger partial charge in [-0.25, -0.2) is 0 Å². The Labute approximate surface area is 120 Å². The summed E-state index contributed by atoms with van der Waals surface area (Å²) in [7, 11) is 0. The summed E-state index contributed by atoms with van der Waals surface area (Å²) in [5, 5.41) is 13.3. The third kappa shape index (κ3) is 3.51. The standard InChI is InChI=1S/C16H24N2O2/c1-2-12-7-9-16(20,10-8-12)11-18-15(19)13-5-3-4-6-14(13)17/h3-6,12,20H,2,7-11,17H2,1H3,(H,18,19). The average Bonchev–Trinajstić information content (AvgIpc) is 2.46. The molecule has 1 fully saturated rings. The van der Waals surface area contributed by atoms with Gasteiger partial charge in [-0.15, -0.1) is 0 Å². The highest BCUT2D eigenvalue weighted by Gasteiger charge is 2.32. The molecule has 110 valence electrons. The lowest BCUT2D eigenvalue weighted by atomic mass is 9.78. The van der Waals surface area contributed by atoms with Crippen LogP contribution in [0, 0.1) is 5.92 Å². The number of carbonyl (C=O) groups is 1. The first kappa shape index (κ1) is 14.9. The van der Waals surface area contributed by atoms with Crippen LogP contribution in [0.25, 0.3) is 0 Å². The number of benzene rings is 1. The van der Waals surface area contributed by atoms with Crippen molar-refractivity contribution in [3.63, 3.8) is 0 Å². The fourth-order valence-electron chi connectivity index (χ4n) is 2.84. The predicted octanol–water partition coefficient (Wildman–Crippen LogP) is 2.33. The lowest BCUT2D eigenvalue weighted by molar-refractivity contribution is -0.00786. The molecular weight excluding hydrogens is 252 g/mol. The molecule has 0 aliphatic heterocycles. The van der Waals surface area contributed by atoms with Crippen LogP contribution in [0.3, 0.4) is 0 Å². The molecule has 20 heavy (non-hydrogen) atoms. The third-order valence-corrected chi connectivity index (χ3v) is 4.40. The number of nitrogens with two attached hydrogens (primary N) is 1. The van der Waals surface area contributed by atoms with E-state index in [1.54, 1.807) is 24.3 Å². The molecule has 1 aliphatic carbocycles. The van der Waals surface area contributed by atoms with Crippen LogP contribution < -0.4 is 11.1 Å². The zero-order valence-electron chi connectivity index (χ0n) is 12.1. The van der Waals surface area contributed by atoms with Gasteiger partial charge in [0.25, 0.3) is 5.91 Å². The maximum absolute atomic E-state index is 12.1. The predicted molar refractivity (Wildman–Crippen MR) is 80.4 cm³/mol. The van der Waals surface area contributed by atoms with Gasteiger partial charge in [0.2, 0.25) is 0 Å². The number of aliphatic hydroxyl groups is 1. The number of hydrogen-bond acceptors (Lipinski definition) is 3. The van der Waals surface area contributed by atoms with E-state index in [0.29, 0.717) is 17.8 Å². The van der Waals surface area contributed by atoms with Crippen LogP contribution in [0.15, 0.2) is 24.3 Å². The zero-order valence-corrected chi connectivity index (χ0v) is 12.1. The average molecular weight is 276 g/mol. The SMILES string of the molecule is CCC1CCC(O)(CNC(=O)c2ccccc2N)CC1. The van der Waals surface area contributed by atoms with Gasteiger partial charge in [-0.3, -0.25) is 4.79 Å². The molecule has 0 unspecified atom stereocenters. The highest BCUT2D eigenvalue weighted by molar-refractivity contribution is 5.99. The van der Waals surface area contributed by atoms with Crippen LogP contribution in [0.4, 0.5) is 5.69 Å². The van der Waals surface area contributed by atoms with Crippen molar-refractivity contribution in [3.8, 4) is 0 Å². The van der Waals surface area contributed by atoms with Crippen molar-refractivity contribution in [2.45, 2.75) is 44.6 Å². The number of carbonyl (C=O) groups excluding carboxylic acids is 1. The molecule has 4 N–H and O–H groups in total. The molecule has 1 aromatic rings. The Bertz CT molecular complexity index is 465. The molecule has 0 saturated heterocycles. The minimum absolute atomic E-state index is 0.214. The summed E-state index contributed by atoms with van der Waals surface area (Å²) in [5.74, 6) is 0.505. The van der Waals surface area contributed by atoms with Gasteiger partial charge in [0.15, 0.2) is 0 Å². The van der Waals surface area contributed by atoms with Crippen LogP contribution >= 0.6 is 0 Å². The van der Waals surface area contributed by atoms with Gasteiger partial charge < -0.3 is 16.2 Å². The van der Waals surface area contributed by atoms with Crippen molar-refractivity contribution >= 4 is 11.6 Å². The van der Waals surface area contributed by atoms with Crippen LogP contribution in [-0.2, 0) is 0 Å². The third-order valence-electron chi connectivity index (χ3n) is 4.40. The molecule has 2 rings (SSSR count). The highest BCUT2D eigenvalue weighted by atomic mass is 16.3. The summed E-state index contributed by atoms with van der Waals surface area (Å²) in [6, 6.07) is 6.98. The van der Waals surface area contributed by atoms with Crippen LogP contribution in [-0.4, -0.2) is 23.2 Å². The molecule has 1 aromatic carbocycles. The summed E-state index contributed by atoms with van der Waals surface area (Å²) in [6.07, 6.45) is 4.77. The Morgan fingerprint density at radius 3 is 2.65 bits per heavy atom. The zero-order chi connectivity index (χ0) is 14.6. The number of amides is 1. The first-order valence-corrected chi connectivity index (χ1v) is 7.39. The van der Waals surface area contributed by atoms with Crippen LogP contribution in [0.5, 0.6) is 0 Å². The lowest BCUT2D eigenvalue weighted by Gasteiger charge is -2.35. The topological polar surface area (TPSA) is 75.3 Å². The van der Waals surface area contributed by atoms with Crippen molar-refractivity contribution in [1.82, 2.24) is 5.32 Å². The Balaban J connectivity index is 1.89. The van der Waals surface area contributed by atoms with Crippen molar-refractivity contribution in [2.24, 2.45) is 5.92 Å².